The van der Waals surface area contributed by atoms with Crippen LogP contribution in [0.1, 0.15) is 5.56 Å². The van der Waals surface area contributed by atoms with Crippen molar-refractivity contribution in [2.75, 3.05) is 26.8 Å². The van der Waals surface area contributed by atoms with Crippen molar-refractivity contribution in [1.82, 2.24) is 0 Å². The first-order chi connectivity index (χ1) is 12.9. The molecule has 0 aliphatic rings. The molecule has 0 aliphatic heterocycles. The van der Waals surface area contributed by atoms with Gasteiger partial charge in [-0.25, -0.2) is 0 Å². The van der Waals surface area contributed by atoms with Crippen LogP contribution >= 0.6 is 0 Å². The van der Waals surface area contributed by atoms with Gasteiger partial charge in [-0.05, 0) is 18.2 Å². The van der Waals surface area contributed by atoms with Gasteiger partial charge in [-0.15, -0.1) is 0 Å². The number of nitro groups is 2. The minimum absolute atomic E-state index is 0.00860. The molecule has 0 spiro atoms. The van der Waals surface area contributed by atoms with E-state index in [2.05, 4.69) is 10.5 Å². The van der Waals surface area contributed by atoms with Crippen LogP contribution in [0.4, 0.5) is 17.1 Å². The zero-order chi connectivity index (χ0) is 20.0. The van der Waals surface area contributed by atoms with Crippen LogP contribution in [0.2, 0.25) is 0 Å². The molecular formula is C16H16N4O7. The van der Waals surface area contributed by atoms with E-state index < -0.39 is 15.5 Å². The Hall–Kier alpha value is -3.89. The number of ether oxygens (including phenoxy) is 3. The standard InChI is InChI=1S/C16H16N4O7/c1-25-14-6-10(7-15(26-2)16(14)27-3)9-17-18-12-5-4-11(19(21)22)8-13(12)20(23)24/h4-9,18H,1-3H3. The molecular weight excluding hydrogens is 360 g/mol. The van der Waals surface area contributed by atoms with Gasteiger partial charge in [0.05, 0.1) is 43.5 Å². The van der Waals surface area contributed by atoms with Gasteiger partial charge in [0.15, 0.2) is 11.5 Å². The summed E-state index contributed by atoms with van der Waals surface area (Å²) in [5, 5.41) is 25.8. The van der Waals surface area contributed by atoms with Gasteiger partial charge in [-0.1, -0.05) is 0 Å². The summed E-state index contributed by atoms with van der Waals surface area (Å²) in [7, 11) is 4.41. The number of hydrogen-bond acceptors (Lipinski definition) is 9. The topological polar surface area (TPSA) is 138 Å². The molecule has 1 N–H and O–H groups in total. The van der Waals surface area contributed by atoms with Gasteiger partial charge in [-0.3, -0.25) is 25.7 Å². The van der Waals surface area contributed by atoms with E-state index in [0.717, 1.165) is 12.1 Å². The lowest BCUT2D eigenvalue weighted by molar-refractivity contribution is -0.393. The van der Waals surface area contributed by atoms with Gasteiger partial charge in [0.1, 0.15) is 5.69 Å². The van der Waals surface area contributed by atoms with Crippen molar-refractivity contribution in [1.29, 1.82) is 0 Å². The minimum Gasteiger partial charge on any atom is -0.493 e. The third-order valence-corrected chi connectivity index (χ3v) is 3.47. The summed E-state index contributed by atoms with van der Waals surface area (Å²) in [6, 6.07) is 6.48. The van der Waals surface area contributed by atoms with Crippen molar-refractivity contribution in [2.45, 2.75) is 0 Å². The number of nitrogens with zero attached hydrogens (tertiary/aromatic N) is 3. The molecule has 0 aliphatic carbocycles. The smallest absolute Gasteiger partial charge is 0.301 e. The van der Waals surface area contributed by atoms with E-state index in [1.807, 2.05) is 0 Å². The molecule has 27 heavy (non-hydrogen) atoms. The molecule has 0 aromatic heterocycles. The molecule has 142 valence electrons. The van der Waals surface area contributed by atoms with Crippen molar-refractivity contribution < 1.29 is 24.1 Å². The van der Waals surface area contributed by atoms with E-state index >= 15 is 0 Å². The average Bonchev–Trinajstić information content (AvgIpc) is 2.66. The van der Waals surface area contributed by atoms with E-state index in [0.29, 0.717) is 22.8 Å². The van der Waals surface area contributed by atoms with E-state index in [9.17, 15) is 20.2 Å². The molecule has 0 saturated heterocycles. The Morgan fingerprint density at radius 2 is 1.59 bits per heavy atom. The average molecular weight is 376 g/mol. The van der Waals surface area contributed by atoms with Crippen molar-refractivity contribution >= 4 is 23.3 Å². The second kappa shape index (κ2) is 8.47. The normalized spacial score (nSPS) is 10.5. The molecule has 2 rings (SSSR count). The Kier molecular flexibility index (Phi) is 6.10. The fourth-order valence-electron chi connectivity index (χ4n) is 2.23. The quantitative estimate of drug-likeness (QED) is 0.421. The van der Waals surface area contributed by atoms with Gasteiger partial charge in [-0.2, -0.15) is 5.10 Å². The number of methoxy groups -OCH3 is 3. The highest BCUT2D eigenvalue weighted by Crippen LogP contribution is 2.37. The summed E-state index contributed by atoms with van der Waals surface area (Å²) in [6.45, 7) is 0. The SMILES string of the molecule is COc1cc(C=NNc2ccc([N+](=O)[O-])cc2[N+](=O)[O-])cc(OC)c1OC. The highest BCUT2D eigenvalue weighted by molar-refractivity contribution is 5.83. The van der Waals surface area contributed by atoms with Crippen LogP contribution in [0.15, 0.2) is 35.4 Å². The predicted molar refractivity (Wildman–Crippen MR) is 97.1 cm³/mol. The summed E-state index contributed by atoms with van der Waals surface area (Å²) in [6.07, 6.45) is 1.38. The number of rotatable bonds is 8. The fraction of sp³-hybridized carbons (Fsp3) is 0.188. The van der Waals surface area contributed by atoms with Crippen LogP contribution in [0.3, 0.4) is 0 Å². The number of hydrogen-bond donors (Lipinski definition) is 1. The summed E-state index contributed by atoms with van der Waals surface area (Å²) in [5.41, 5.74) is 2.23. The first-order valence-electron chi connectivity index (χ1n) is 7.43. The number of anilines is 1. The van der Waals surface area contributed by atoms with Gasteiger partial charge < -0.3 is 14.2 Å². The van der Waals surface area contributed by atoms with Crippen LogP contribution in [-0.2, 0) is 0 Å². The Labute approximate surface area is 153 Å². The Bertz CT molecular complexity index is 873. The highest BCUT2D eigenvalue weighted by Gasteiger charge is 2.19. The molecule has 2 aromatic carbocycles. The molecule has 0 atom stereocenters. The van der Waals surface area contributed by atoms with Gasteiger partial charge in [0.2, 0.25) is 5.75 Å². The summed E-state index contributed by atoms with van der Waals surface area (Å²) < 4.78 is 15.7. The maximum absolute atomic E-state index is 11.1. The lowest BCUT2D eigenvalue weighted by Crippen LogP contribution is -1.99. The second-order valence-electron chi connectivity index (χ2n) is 5.04. The lowest BCUT2D eigenvalue weighted by Gasteiger charge is -2.12. The molecule has 0 bridgehead atoms. The van der Waals surface area contributed by atoms with Crippen molar-refractivity contribution in [3.8, 4) is 17.2 Å². The number of nitrogens with one attached hydrogen (secondary N) is 1. The zero-order valence-electron chi connectivity index (χ0n) is 14.7. The molecule has 11 heteroatoms. The number of nitro benzene ring substituents is 2. The van der Waals surface area contributed by atoms with Gasteiger partial charge in [0, 0.05) is 11.6 Å². The van der Waals surface area contributed by atoms with Gasteiger partial charge in [0.25, 0.3) is 5.69 Å². The van der Waals surface area contributed by atoms with Crippen LogP contribution < -0.4 is 19.6 Å². The molecule has 0 unspecified atom stereocenters. The van der Waals surface area contributed by atoms with Crippen LogP contribution in [0.25, 0.3) is 0 Å². The Balaban J connectivity index is 2.30. The van der Waals surface area contributed by atoms with E-state index in [4.69, 9.17) is 14.2 Å². The van der Waals surface area contributed by atoms with E-state index in [1.54, 1.807) is 12.1 Å². The monoisotopic (exact) mass is 376 g/mol. The third kappa shape index (κ3) is 4.39. The predicted octanol–water partition coefficient (Wildman–Crippen LogP) is 2.97. The first-order valence-corrected chi connectivity index (χ1v) is 7.43. The van der Waals surface area contributed by atoms with E-state index in [1.165, 1.54) is 33.6 Å². The highest BCUT2D eigenvalue weighted by atomic mass is 16.6. The molecule has 0 radical (unpaired) electrons. The lowest BCUT2D eigenvalue weighted by atomic mass is 10.2. The summed E-state index contributed by atoms with van der Waals surface area (Å²) >= 11 is 0. The molecule has 0 amide bonds. The largest absolute Gasteiger partial charge is 0.493 e. The van der Waals surface area contributed by atoms with Crippen LogP contribution in [0.5, 0.6) is 17.2 Å². The number of hydrazone groups is 1. The Morgan fingerprint density at radius 3 is 2.07 bits per heavy atom. The minimum atomic E-state index is -0.732. The summed E-state index contributed by atoms with van der Waals surface area (Å²) in [4.78, 5) is 20.4. The number of non-ortho nitro benzene ring substituents is 1. The Morgan fingerprint density at radius 1 is 0.963 bits per heavy atom. The van der Waals surface area contributed by atoms with Crippen molar-refractivity contribution in [2.24, 2.45) is 5.10 Å². The maximum atomic E-state index is 11.1. The third-order valence-electron chi connectivity index (χ3n) is 3.47. The van der Waals surface area contributed by atoms with Crippen LogP contribution in [-0.4, -0.2) is 37.4 Å². The first kappa shape index (κ1) is 19.4. The summed E-state index contributed by atoms with van der Waals surface area (Å²) in [5.74, 6) is 1.25. The maximum Gasteiger partial charge on any atom is 0.301 e. The van der Waals surface area contributed by atoms with Gasteiger partial charge >= 0.3 is 5.69 Å². The van der Waals surface area contributed by atoms with Crippen molar-refractivity contribution in [3.63, 3.8) is 0 Å². The zero-order valence-corrected chi connectivity index (χ0v) is 14.7. The fourth-order valence-corrected chi connectivity index (χ4v) is 2.23. The number of benzene rings is 2. The molecule has 11 nitrogen and oxygen atoms in total. The van der Waals surface area contributed by atoms with Crippen molar-refractivity contribution in [3.05, 3.63) is 56.1 Å². The second-order valence-corrected chi connectivity index (χ2v) is 5.04. The molecule has 0 fully saturated rings. The van der Waals surface area contributed by atoms with Crippen LogP contribution in [0, 0.1) is 20.2 Å². The molecule has 0 heterocycles. The molecule has 0 saturated carbocycles. The molecule has 2 aromatic rings. The van der Waals surface area contributed by atoms with E-state index in [-0.39, 0.29) is 11.4 Å².